The maximum atomic E-state index is 12.3. The topological polar surface area (TPSA) is 43.4 Å². The van der Waals surface area contributed by atoms with Crippen LogP contribution in [0, 0.1) is 0 Å². The first-order chi connectivity index (χ1) is 9.62. The first-order valence-corrected chi connectivity index (χ1v) is 9.20. The second-order valence-electron chi connectivity index (χ2n) is 5.55. The molecule has 0 aliphatic carbocycles. The van der Waals surface area contributed by atoms with Gasteiger partial charge in [0.2, 0.25) is 0 Å². The highest BCUT2D eigenvalue weighted by atomic mass is 32.2. The van der Waals surface area contributed by atoms with Crippen molar-refractivity contribution in [3.05, 3.63) is 30.3 Å². The molecule has 3 nitrogen and oxygen atoms in total. The Labute approximate surface area is 122 Å². The SMILES string of the molecule is CCCCCC1CCC(CS(=O)(=O)c2ccccc2)O1. The molecule has 112 valence electrons. The highest BCUT2D eigenvalue weighted by molar-refractivity contribution is 7.91. The van der Waals surface area contributed by atoms with Gasteiger partial charge in [-0.2, -0.15) is 0 Å². The third-order valence-corrected chi connectivity index (χ3v) is 5.63. The first kappa shape index (κ1) is 15.5. The summed E-state index contributed by atoms with van der Waals surface area (Å²) < 4.78 is 30.4. The Bertz CT molecular complexity index is 496. The van der Waals surface area contributed by atoms with Gasteiger partial charge in [-0.3, -0.25) is 0 Å². The van der Waals surface area contributed by atoms with Crippen molar-refractivity contribution < 1.29 is 13.2 Å². The molecule has 0 saturated carbocycles. The minimum absolute atomic E-state index is 0.112. The minimum atomic E-state index is -3.22. The zero-order valence-corrected chi connectivity index (χ0v) is 12.9. The van der Waals surface area contributed by atoms with E-state index in [0.717, 1.165) is 19.3 Å². The maximum absolute atomic E-state index is 12.3. The van der Waals surface area contributed by atoms with E-state index in [2.05, 4.69) is 6.92 Å². The van der Waals surface area contributed by atoms with Gasteiger partial charge in [-0.1, -0.05) is 44.4 Å². The summed E-state index contributed by atoms with van der Waals surface area (Å²) in [6.07, 6.45) is 6.67. The van der Waals surface area contributed by atoms with E-state index in [1.165, 1.54) is 19.3 Å². The average Bonchev–Trinajstić information content (AvgIpc) is 2.87. The molecular weight excluding hydrogens is 272 g/mol. The monoisotopic (exact) mass is 296 g/mol. The van der Waals surface area contributed by atoms with Crippen molar-refractivity contribution in [2.75, 3.05) is 5.75 Å². The van der Waals surface area contributed by atoms with Crippen LogP contribution < -0.4 is 0 Å². The van der Waals surface area contributed by atoms with E-state index in [1.807, 2.05) is 6.07 Å². The van der Waals surface area contributed by atoms with Crippen LogP contribution in [0.3, 0.4) is 0 Å². The van der Waals surface area contributed by atoms with Gasteiger partial charge in [0.25, 0.3) is 0 Å². The van der Waals surface area contributed by atoms with Crippen LogP contribution >= 0.6 is 0 Å². The third-order valence-electron chi connectivity index (χ3n) is 3.83. The number of rotatable bonds is 7. The molecule has 1 aliphatic rings. The molecule has 0 radical (unpaired) electrons. The molecule has 1 heterocycles. The van der Waals surface area contributed by atoms with Gasteiger partial charge in [-0.05, 0) is 31.4 Å². The lowest BCUT2D eigenvalue weighted by Crippen LogP contribution is -2.21. The number of unbranched alkanes of at least 4 members (excludes halogenated alkanes) is 2. The molecule has 2 rings (SSSR count). The van der Waals surface area contributed by atoms with Crippen LogP contribution in [-0.2, 0) is 14.6 Å². The van der Waals surface area contributed by atoms with Gasteiger partial charge >= 0.3 is 0 Å². The van der Waals surface area contributed by atoms with E-state index in [-0.39, 0.29) is 18.0 Å². The zero-order valence-electron chi connectivity index (χ0n) is 12.1. The van der Waals surface area contributed by atoms with E-state index < -0.39 is 9.84 Å². The molecule has 0 amide bonds. The van der Waals surface area contributed by atoms with E-state index in [4.69, 9.17) is 4.74 Å². The first-order valence-electron chi connectivity index (χ1n) is 7.55. The largest absolute Gasteiger partial charge is 0.374 e. The second-order valence-corrected chi connectivity index (χ2v) is 7.58. The molecule has 1 aromatic rings. The standard InChI is InChI=1S/C16H24O3S/c1-2-3-5-8-14-11-12-15(19-14)13-20(17,18)16-9-6-4-7-10-16/h4,6-7,9-10,14-15H,2-3,5,8,11-13H2,1H3. The molecule has 1 fully saturated rings. The number of benzene rings is 1. The number of ether oxygens (including phenoxy) is 1. The third kappa shape index (κ3) is 4.32. The minimum Gasteiger partial charge on any atom is -0.374 e. The molecule has 2 unspecified atom stereocenters. The van der Waals surface area contributed by atoms with Crippen LogP contribution in [0.5, 0.6) is 0 Å². The fourth-order valence-corrected chi connectivity index (χ4v) is 4.20. The summed E-state index contributed by atoms with van der Waals surface area (Å²) in [5, 5.41) is 0. The highest BCUT2D eigenvalue weighted by Gasteiger charge is 2.29. The molecule has 1 saturated heterocycles. The molecule has 1 aliphatic heterocycles. The lowest BCUT2D eigenvalue weighted by Gasteiger charge is -2.14. The van der Waals surface area contributed by atoms with Crippen LogP contribution in [0.4, 0.5) is 0 Å². The Hall–Kier alpha value is -0.870. The molecule has 0 bridgehead atoms. The van der Waals surface area contributed by atoms with Gasteiger partial charge < -0.3 is 4.74 Å². The summed E-state index contributed by atoms with van der Waals surface area (Å²) in [5.74, 6) is 0.112. The van der Waals surface area contributed by atoms with E-state index in [9.17, 15) is 8.42 Å². The molecule has 0 N–H and O–H groups in total. The highest BCUT2D eigenvalue weighted by Crippen LogP contribution is 2.26. The quantitative estimate of drug-likeness (QED) is 0.722. The van der Waals surface area contributed by atoms with E-state index in [0.29, 0.717) is 4.90 Å². The molecule has 0 aromatic heterocycles. The van der Waals surface area contributed by atoms with Crippen LogP contribution in [0.2, 0.25) is 0 Å². The van der Waals surface area contributed by atoms with Crippen molar-refractivity contribution in [2.24, 2.45) is 0 Å². The Morgan fingerprint density at radius 1 is 1.10 bits per heavy atom. The maximum Gasteiger partial charge on any atom is 0.180 e. The van der Waals surface area contributed by atoms with Gasteiger partial charge in [-0.25, -0.2) is 8.42 Å². The zero-order chi connectivity index (χ0) is 14.4. The van der Waals surface area contributed by atoms with Crippen molar-refractivity contribution in [2.45, 2.75) is 62.6 Å². The fourth-order valence-electron chi connectivity index (χ4n) is 2.71. The van der Waals surface area contributed by atoms with Gasteiger partial charge in [0.05, 0.1) is 22.9 Å². The van der Waals surface area contributed by atoms with Crippen molar-refractivity contribution in [3.63, 3.8) is 0 Å². The van der Waals surface area contributed by atoms with Crippen LogP contribution in [-0.4, -0.2) is 26.4 Å². The Kier molecular flexibility index (Phi) is 5.61. The molecular formula is C16H24O3S. The summed E-state index contributed by atoms with van der Waals surface area (Å²) in [5.41, 5.74) is 0. The Morgan fingerprint density at radius 2 is 1.80 bits per heavy atom. The number of hydrogen-bond donors (Lipinski definition) is 0. The van der Waals surface area contributed by atoms with Gasteiger partial charge in [0.1, 0.15) is 0 Å². The number of hydrogen-bond acceptors (Lipinski definition) is 3. The van der Waals surface area contributed by atoms with Gasteiger partial charge in [-0.15, -0.1) is 0 Å². The average molecular weight is 296 g/mol. The van der Waals surface area contributed by atoms with E-state index >= 15 is 0 Å². The lowest BCUT2D eigenvalue weighted by atomic mass is 10.1. The summed E-state index contributed by atoms with van der Waals surface area (Å²) in [4.78, 5) is 0.401. The molecule has 1 aromatic carbocycles. The van der Waals surface area contributed by atoms with Crippen molar-refractivity contribution >= 4 is 9.84 Å². The second kappa shape index (κ2) is 7.23. The predicted octanol–water partition coefficient (Wildman–Crippen LogP) is 3.59. The van der Waals surface area contributed by atoms with Crippen molar-refractivity contribution in [1.82, 2.24) is 0 Å². The van der Waals surface area contributed by atoms with Crippen molar-refractivity contribution in [1.29, 1.82) is 0 Å². The molecule has 2 atom stereocenters. The Balaban J connectivity index is 1.86. The summed E-state index contributed by atoms with van der Waals surface area (Å²) >= 11 is 0. The smallest absolute Gasteiger partial charge is 0.180 e. The van der Waals surface area contributed by atoms with Gasteiger partial charge in [0.15, 0.2) is 9.84 Å². The van der Waals surface area contributed by atoms with Crippen LogP contribution in [0.15, 0.2) is 35.2 Å². The normalized spacial score (nSPS) is 23.1. The summed E-state index contributed by atoms with van der Waals surface area (Å²) in [7, 11) is -3.22. The van der Waals surface area contributed by atoms with Gasteiger partial charge in [0, 0.05) is 0 Å². The van der Waals surface area contributed by atoms with Crippen LogP contribution in [0.25, 0.3) is 0 Å². The lowest BCUT2D eigenvalue weighted by molar-refractivity contribution is 0.0511. The predicted molar refractivity (Wildman–Crippen MR) is 80.5 cm³/mol. The van der Waals surface area contributed by atoms with Crippen LogP contribution in [0.1, 0.15) is 45.4 Å². The van der Waals surface area contributed by atoms with E-state index in [1.54, 1.807) is 24.3 Å². The number of sulfone groups is 1. The molecule has 0 spiro atoms. The summed E-state index contributed by atoms with van der Waals surface area (Å²) in [6, 6.07) is 8.66. The Morgan fingerprint density at radius 3 is 2.50 bits per heavy atom. The van der Waals surface area contributed by atoms with Crippen molar-refractivity contribution in [3.8, 4) is 0 Å². The molecule has 4 heteroatoms. The molecule has 20 heavy (non-hydrogen) atoms. The summed E-state index contributed by atoms with van der Waals surface area (Å²) in [6.45, 7) is 2.19. The fraction of sp³-hybridized carbons (Fsp3) is 0.625.